The van der Waals surface area contributed by atoms with Crippen molar-refractivity contribution in [1.82, 2.24) is 19.0 Å². The third kappa shape index (κ3) is 3.71. The zero-order valence-corrected chi connectivity index (χ0v) is 17.5. The van der Waals surface area contributed by atoms with E-state index in [0.717, 1.165) is 48.6 Å². The van der Waals surface area contributed by atoms with Crippen LogP contribution >= 0.6 is 23.1 Å². The van der Waals surface area contributed by atoms with Crippen molar-refractivity contribution in [3.8, 4) is 0 Å². The number of carbonyl (C=O) groups is 1. The number of anilines is 1. The number of amides is 1. The molecule has 1 aliphatic heterocycles. The minimum atomic E-state index is -0.0879. The van der Waals surface area contributed by atoms with Crippen molar-refractivity contribution in [2.45, 2.75) is 0 Å². The summed E-state index contributed by atoms with van der Waals surface area (Å²) in [5.74, 6) is 1.02. The van der Waals surface area contributed by atoms with E-state index in [0.29, 0.717) is 12.2 Å². The molecule has 148 valence electrons. The number of nitrogens with zero attached hydrogens (tertiary/aromatic N) is 4. The van der Waals surface area contributed by atoms with Gasteiger partial charge in [-0.05, 0) is 41.3 Å². The van der Waals surface area contributed by atoms with Gasteiger partial charge in [-0.25, -0.2) is 0 Å². The summed E-state index contributed by atoms with van der Waals surface area (Å²) >= 11 is 2.94. The summed E-state index contributed by atoms with van der Waals surface area (Å²) < 4.78 is 11.3. The molecule has 1 amide bonds. The van der Waals surface area contributed by atoms with Crippen molar-refractivity contribution in [3.63, 3.8) is 0 Å². The topological polar surface area (TPSA) is 61.4 Å². The van der Waals surface area contributed by atoms with Gasteiger partial charge in [-0.1, -0.05) is 30.3 Å². The van der Waals surface area contributed by atoms with E-state index in [1.807, 2.05) is 24.3 Å². The average Bonchev–Trinajstić information content (AvgIpc) is 3.39. The number of benzene rings is 2. The first-order chi connectivity index (χ1) is 14.3. The van der Waals surface area contributed by atoms with Crippen molar-refractivity contribution < 1.29 is 4.79 Å². The van der Waals surface area contributed by atoms with Crippen LogP contribution in [0.2, 0.25) is 0 Å². The number of carbonyl (C=O) groups excluding carboxylic acids is 1. The molecule has 1 fully saturated rings. The number of nitrogens with one attached hydrogen (secondary N) is 1. The van der Waals surface area contributed by atoms with Crippen LogP contribution in [0.1, 0.15) is 10.5 Å². The molecule has 0 unspecified atom stereocenters. The summed E-state index contributed by atoms with van der Waals surface area (Å²) in [6.07, 6.45) is 0. The van der Waals surface area contributed by atoms with E-state index in [2.05, 4.69) is 48.1 Å². The molecule has 0 bridgehead atoms. The minimum Gasteiger partial charge on any atom is -0.353 e. The van der Waals surface area contributed by atoms with Gasteiger partial charge in [-0.2, -0.15) is 8.75 Å². The average molecular weight is 424 g/mol. The van der Waals surface area contributed by atoms with Gasteiger partial charge >= 0.3 is 0 Å². The second-order valence-corrected chi connectivity index (χ2v) is 8.72. The van der Waals surface area contributed by atoms with Crippen molar-refractivity contribution in [2.75, 3.05) is 44.2 Å². The lowest BCUT2D eigenvalue weighted by Crippen LogP contribution is -2.48. The molecule has 5 rings (SSSR count). The standard InChI is InChI=1S/C21H21N5OS2/c27-21(19-15-5-1-3-7-17(15)28-23-19)22-9-10-25-11-13-26(14-12-25)20-16-6-2-4-8-18(16)29-24-20/h1-8H,9-14H2,(H,22,27). The van der Waals surface area contributed by atoms with Gasteiger partial charge in [0.1, 0.15) is 11.5 Å². The van der Waals surface area contributed by atoms with Gasteiger partial charge in [0.05, 0.1) is 9.40 Å². The van der Waals surface area contributed by atoms with Crippen LogP contribution in [0.3, 0.4) is 0 Å². The van der Waals surface area contributed by atoms with Crippen molar-refractivity contribution in [3.05, 3.63) is 54.2 Å². The quantitative estimate of drug-likeness (QED) is 0.533. The molecule has 2 aromatic carbocycles. The highest BCUT2D eigenvalue weighted by molar-refractivity contribution is 7.14. The summed E-state index contributed by atoms with van der Waals surface area (Å²) in [7, 11) is 0. The molecule has 1 saturated heterocycles. The Kier molecular flexibility index (Phi) is 5.13. The highest BCUT2D eigenvalue weighted by Crippen LogP contribution is 2.29. The van der Waals surface area contributed by atoms with Crippen LogP contribution in [0.15, 0.2) is 48.5 Å². The largest absolute Gasteiger partial charge is 0.353 e. The fourth-order valence-corrected chi connectivity index (χ4v) is 5.31. The molecule has 0 atom stereocenters. The van der Waals surface area contributed by atoms with Crippen LogP contribution in [0, 0.1) is 0 Å². The molecule has 6 nitrogen and oxygen atoms in total. The Morgan fingerprint density at radius 3 is 2.34 bits per heavy atom. The first kappa shape index (κ1) is 18.5. The monoisotopic (exact) mass is 423 g/mol. The Morgan fingerprint density at radius 2 is 1.55 bits per heavy atom. The predicted molar refractivity (Wildman–Crippen MR) is 120 cm³/mol. The third-order valence-corrected chi connectivity index (χ3v) is 6.98. The van der Waals surface area contributed by atoms with Gasteiger partial charge in [0.2, 0.25) is 0 Å². The number of rotatable bonds is 5. The van der Waals surface area contributed by atoms with E-state index in [-0.39, 0.29) is 5.91 Å². The molecule has 0 spiro atoms. The number of piperazine rings is 1. The minimum absolute atomic E-state index is 0.0879. The van der Waals surface area contributed by atoms with E-state index in [1.54, 1.807) is 11.5 Å². The van der Waals surface area contributed by atoms with Gasteiger partial charge in [-0.15, -0.1) is 0 Å². The first-order valence-corrected chi connectivity index (χ1v) is 11.3. The highest BCUT2D eigenvalue weighted by atomic mass is 32.1. The van der Waals surface area contributed by atoms with E-state index in [9.17, 15) is 4.79 Å². The molecule has 4 aromatic rings. The molecule has 29 heavy (non-hydrogen) atoms. The Morgan fingerprint density at radius 1 is 0.897 bits per heavy atom. The smallest absolute Gasteiger partial charge is 0.271 e. The number of hydrogen-bond donors (Lipinski definition) is 1. The molecule has 0 radical (unpaired) electrons. The van der Waals surface area contributed by atoms with Crippen molar-refractivity contribution in [1.29, 1.82) is 0 Å². The molecule has 1 aliphatic rings. The van der Waals surface area contributed by atoms with Crippen LogP contribution in [-0.4, -0.2) is 58.8 Å². The summed E-state index contributed by atoms with van der Waals surface area (Å²) in [6, 6.07) is 16.3. The van der Waals surface area contributed by atoms with E-state index >= 15 is 0 Å². The van der Waals surface area contributed by atoms with Crippen LogP contribution in [0.5, 0.6) is 0 Å². The number of fused-ring (bicyclic) bond motifs is 2. The lowest BCUT2D eigenvalue weighted by atomic mass is 10.2. The summed E-state index contributed by atoms with van der Waals surface area (Å²) in [4.78, 5) is 17.3. The van der Waals surface area contributed by atoms with Crippen LogP contribution < -0.4 is 10.2 Å². The molecule has 8 heteroatoms. The molecular weight excluding hydrogens is 402 g/mol. The van der Waals surface area contributed by atoms with Gasteiger partial charge in [0, 0.05) is 50.0 Å². The SMILES string of the molecule is O=C(NCCN1CCN(c2nsc3ccccc23)CC1)c1nsc2ccccc12. The summed E-state index contributed by atoms with van der Waals surface area (Å²) in [6.45, 7) is 5.34. The van der Waals surface area contributed by atoms with Gasteiger partial charge in [0.25, 0.3) is 5.91 Å². The molecule has 1 N–H and O–H groups in total. The maximum absolute atomic E-state index is 12.5. The van der Waals surface area contributed by atoms with E-state index in [1.165, 1.54) is 21.6 Å². The molecular formula is C21H21N5OS2. The lowest BCUT2D eigenvalue weighted by Gasteiger charge is -2.35. The zero-order chi connectivity index (χ0) is 19.6. The molecule has 3 heterocycles. The van der Waals surface area contributed by atoms with E-state index in [4.69, 9.17) is 0 Å². The van der Waals surface area contributed by atoms with Crippen molar-refractivity contribution in [2.24, 2.45) is 0 Å². The summed E-state index contributed by atoms with van der Waals surface area (Å²) in [5, 5.41) is 5.20. The van der Waals surface area contributed by atoms with Gasteiger partial charge in [0.15, 0.2) is 0 Å². The fourth-order valence-electron chi connectivity index (χ4n) is 3.74. The first-order valence-electron chi connectivity index (χ1n) is 9.74. The molecule has 0 saturated carbocycles. The van der Waals surface area contributed by atoms with Crippen molar-refractivity contribution >= 4 is 55.0 Å². The normalized spacial score (nSPS) is 15.2. The molecule has 2 aromatic heterocycles. The Balaban J connectivity index is 1.13. The lowest BCUT2D eigenvalue weighted by molar-refractivity contribution is 0.0945. The maximum Gasteiger partial charge on any atom is 0.271 e. The molecule has 0 aliphatic carbocycles. The maximum atomic E-state index is 12.5. The summed E-state index contributed by atoms with van der Waals surface area (Å²) in [5.41, 5.74) is 0.533. The fraction of sp³-hybridized carbons (Fsp3) is 0.286. The third-order valence-electron chi connectivity index (χ3n) is 5.34. The zero-order valence-electron chi connectivity index (χ0n) is 15.9. The second-order valence-electron chi connectivity index (χ2n) is 7.11. The highest BCUT2D eigenvalue weighted by Gasteiger charge is 2.21. The van der Waals surface area contributed by atoms with Crippen LogP contribution in [0.25, 0.3) is 20.2 Å². The Hall–Kier alpha value is -2.55. The second kappa shape index (κ2) is 8.06. The predicted octanol–water partition coefficient (Wildman–Crippen LogP) is 3.46. The van der Waals surface area contributed by atoms with Gasteiger partial charge in [-0.3, -0.25) is 9.69 Å². The Bertz CT molecular complexity index is 1150. The van der Waals surface area contributed by atoms with Gasteiger partial charge < -0.3 is 10.2 Å². The van der Waals surface area contributed by atoms with Crippen LogP contribution in [0.4, 0.5) is 5.82 Å². The van der Waals surface area contributed by atoms with E-state index < -0.39 is 0 Å². The Labute approximate surface area is 177 Å². The number of aromatic nitrogens is 2. The number of hydrogen-bond acceptors (Lipinski definition) is 7. The van der Waals surface area contributed by atoms with Crippen LogP contribution in [-0.2, 0) is 0 Å².